The van der Waals surface area contributed by atoms with Crippen LogP contribution in [-0.2, 0) is 19.2 Å². The van der Waals surface area contributed by atoms with Gasteiger partial charge in [-0.25, -0.2) is 4.79 Å². The van der Waals surface area contributed by atoms with Crippen LogP contribution < -0.4 is 15.3 Å². The predicted molar refractivity (Wildman–Crippen MR) is 29.9 cm³/mol. The number of aliphatic carboxylic acids is 4. The summed E-state index contributed by atoms with van der Waals surface area (Å²) in [5.74, 6) is -8.38. The van der Waals surface area contributed by atoms with Crippen molar-refractivity contribution in [2.75, 3.05) is 0 Å². The molecule has 0 spiro atoms. The molecule has 0 heterocycles. The first-order valence-electron chi connectivity index (χ1n) is 2.15. The number of carbonyl (C=O) groups excluding carboxylic acids is 3. The molecule has 0 aromatic carbocycles. The zero-order valence-electron chi connectivity index (χ0n) is 6.80. The number of hydrogen-bond donors (Lipinski definition) is 1. The molecule has 0 aliphatic carbocycles. The van der Waals surface area contributed by atoms with Crippen molar-refractivity contribution in [2.24, 2.45) is 0 Å². The third-order valence-electron chi connectivity index (χ3n) is 0.341. The first-order chi connectivity index (χ1) is 5.29. The van der Waals surface area contributed by atoms with Crippen LogP contribution in [0.1, 0.15) is 0 Å². The molecule has 1 radical (unpaired) electrons. The summed E-state index contributed by atoms with van der Waals surface area (Å²) in [6.45, 7) is 0. The predicted octanol–water partition coefficient (Wildman–Crippen LogP) is -7.34. The molecule has 0 rings (SSSR count). The largest absolute Gasteiger partial charge is 3.00 e. The fraction of sp³-hybridized carbons (Fsp3) is 0. The Morgan fingerprint density at radius 1 is 0.733 bits per heavy atom. The normalized spacial score (nSPS) is 5.87. The van der Waals surface area contributed by atoms with E-state index >= 15 is 0 Å². The third-order valence-corrected chi connectivity index (χ3v) is 0.341. The Labute approximate surface area is 116 Å². The number of carbonyl (C=O) groups is 4. The second-order valence-corrected chi connectivity index (χ2v) is 1.17. The third kappa shape index (κ3) is 32.0. The average Bonchev–Trinajstić information content (AvgIpc) is 1.88. The van der Waals surface area contributed by atoms with Gasteiger partial charge in [0, 0.05) is 0 Å². The first-order valence-corrected chi connectivity index (χ1v) is 2.15. The van der Waals surface area contributed by atoms with Crippen molar-refractivity contribution in [3.05, 3.63) is 0 Å². The molecule has 0 saturated heterocycles. The summed E-state index contributed by atoms with van der Waals surface area (Å²) in [6.07, 6.45) is 0. The van der Waals surface area contributed by atoms with Crippen LogP contribution in [0.25, 0.3) is 0 Å². The maximum absolute atomic E-state index is 9.04. The first kappa shape index (κ1) is 29.2. The van der Waals surface area contributed by atoms with Crippen LogP contribution in [0, 0.1) is 41.7 Å². The Kier molecular flexibility index (Phi) is 30.5. The zero-order valence-corrected chi connectivity index (χ0v) is 9.95. The number of carboxylic acids is 4. The molecule has 0 aromatic heterocycles. The molecule has 85 valence electrons. The number of hydrogen-bond acceptors (Lipinski definition) is 7. The van der Waals surface area contributed by atoms with Gasteiger partial charge >= 0.3 is 47.7 Å². The van der Waals surface area contributed by atoms with E-state index in [9.17, 15) is 0 Å². The van der Waals surface area contributed by atoms with Gasteiger partial charge in [0.15, 0.2) is 5.97 Å². The summed E-state index contributed by atoms with van der Waals surface area (Å²) in [5, 5.41) is 34.2. The molecule has 0 fully saturated rings. The van der Waals surface area contributed by atoms with Crippen molar-refractivity contribution in [3.8, 4) is 0 Å². The van der Waals surface area contributed by atoms with E-state index in [2.05, 4.69) is 0 Å². The second-order valence-electron chi connectivity index (χ2n) is 1.17. The number of rotatable bonds is 0. The van der Waals surface area contributed by atoms with Crippen molar-refractivity contribution in [1.29, 1.82) is 0 Å². The van der Waals surface area contributed by atoms with E-state index in [4.69, 9.17) is 39.6 Å². The Morgan fingerprint density at radius 2 is 0.867 bits per heavy atom. The SMILES string of the molecule is O.O.O=C([O-])C(=O)O.O=C([O-])C(=O)[O-].[Ce+3]. The molecule has 0 aliphatic heterocycles. The van der Waals surface area contributed by atoms with E-state index in [1.165, 1.54) is 0 Å². The Hall–Kier alpha value is -0.823. The molecule has 0 aliphatic rings. The summed E-state index contributed by atoms with van der Waals surface area (Å²) in [6, 6.07) is 0. The van der Waals surface area contributed by atoms with E-state index in [1.807, 2.05) is 0 Å². The molecule has 0 aromatic rings. The quantitative estimate of drug-likeness (QED) is 0.411. The number of carboxylic acid groups (broad SMARTS) is 4. The monoisotopic (exact) mass is 353 g/mol. The van der Waals surface area contributed by atoms with E-state index in [-0.39, 0.29) is 52.7 Å². The van der Waals surface area contributed by atoms with Crippen molar-refractivity contribution in [1.82, 2.24) is 0 Å². The van der Waals surface area contributed by atoms with E-state index in [0.717, 1.165) is 0 Å². The molecular formula is C4H5CeO10. The van der Waals surface area contributed by atoms with Gasteiger partial charge in [-0.05, 0) is 0 Å². The van der Waals surface area contributed by atoms with Crippen LogP contribution in [0.5, 0.6) is 0 Å². The summed E-state index contributed by atoms with van der Waals surface area (Å²) in [4.78, 5) is 35.9. The van der Waals surface area contributed by atoms with Crippen molar-refractivity contribution in [2.45, 2.75) is 0 Å². The van der Waals surface area contributed by atoms with Gasteiger partial charge in [-0.3, -0.25) is 0 Å². The summed E-state index contributed by atoms with van der Waals surface area (Å²) >= 11 is 0. The van der Waals surface area contributed by atoms with Gasteiger partial charge in [0.2, 0.25) is 0 Å². The zero-order chi connectivity index (χ0) is 10.3. The average molecular weight is 353 g/mol. The van der Waals surface area contributed by atoms with Crippen LogP contribution in [0.15, 0.2) is 0 Å². The minimum Gasteiger partial charge on any atom is -0.543 e. The second kappa shape index (κ2) is 15.6. The topological polar surface area (TPSA) is 221 Å². The Balaban J connectivity index is -0.0000000370. The van der Waals surface area contributed by atoms with Gasteiger partial charge in [0.1, 0.15) is 0 Å². The summed E-state index contributed by atoms with van der Waals surface area (Å²) in [7, 11) is 0. The van der Waals surface area contributed by atoms with Crippen LogP contribution in [-0.4, -0.2) is 39.9 Å². The molecule has 10 nitrogen and oxygen atoms in total. The smallest absolute Gasteiger partial charge is 0.543 e. The van der Waals surface area contributed by atoms with Crippen LogP contribution >= 0.6 is 0 Å². The van der Waals surface area contributed by atoms with Crippen molar-refractivity contribution in [3.63, 3.8) is 0 Å². The van der Waals surface area contributed by atoms with E-state index in [0.29, 0.717) is 0 Å². The van der Waals surface area contributed by atoms with Gasteiger partial charge in [0.05, 0.1) is 11.9 Å². The van der Waals surface area contributed by atoms with Crippen LogP contribution in [0.4, 0.5) is 0 Å². The standard InChI is InChI=1S/2C2H2O4.Ce.2H2O/c2*3-1(4)2(5)6;;;/h2*(H,3,4)(H,5,6);;2*1H2/q;;+3;;/p-3. The molecule has 0 unspecified atom stereocenters. The van der Waals surface area contributed by atoms with E-state index in [1.54, 1.807) is 0 Å². The minimum absolute atomic E-state index is 0. The molecule has 0 bridgehead atoms. The Bertz CT molecular complexity index is 173. The fourth-order valence-corrected chi connectivity index (χ4v) is 0. The van der Waals surface area contributed by atoms with Crippen molar-refractivity contribution < 1.29 is 92.3 Å². The van der Waals surface area contributed by atoms with Gasteiger partial charge < -0.3 is 45.8 Å². The molecular weight excluding hydrogens is 348 g/mol. The molecule has 0 amide bonds. The van der Waals surface area contributed by atoms with Gasteiger partial charge in [-0.2, -0.15) is 0 Å². The molecule has 15 heavy (non-hydrogen) atoms. The minimum atomic E-state index is -2.19. The maximum atomic E-state index is 9.04. The summed E-state index contributed by atoms with van der Waals surface area (Å²) < 4.78 is 0. The van der Waals surface area contributed by atoms with Crippen molar-refractivity contribution >= 4 is 23.9 Å². The van der Waals surface area contributed by atoms with Gasteiger partial charge in [0.25, 0.3) is 0 Å². The molecule has 0 saturated carbocycles. The Morgan fingerprint density at radius 3 is 0.867 bits per heavy atom. The van der Waals surface area contributed by atoms with Crippen LogP contribution in [0.3, 0.4) is 0 Å². The maximum Gasteiger partial charge on any atom is 3.00 e. The van der Waals surface area contributed by atoms with E-state index < -0.39 is 23.9 Å². The van der Waals surface area contributed by atoms with Gasteiger partial charge in [-0.1, -0.05) is 0 Å². The summed E-state index contributed by atoms with van der Waals surface area (Å²) in [5.41, 5.74) is 0. The van der Waals surface area contributed by atoms with Crippen LogP contribution in [0.2, 0.25) is 0 Å². The molecule has 5 N–H and O–H groups in total. The molecule has 0 atom stereocenters. The fourth-order valence-electron chi connectivity index (χ4n) is 0. The molecule has 11 heteroatoms. The van der Waals surface area contributed by atoms with Gasteiger partial charge in [-0.15, -0.1) is 0 Å².